The second-order valence-electron chi connectivity index (χ2n) is 4.81. The number of aryl methyl sites for hydroxylation is 1. The van der Waals surface area contributed by atoms with Crippen molar-refractivity contribution >= 4 is 11.8 Å². The summed E-state index contributed by atoms with van der Waals surface area (Å²) >= 11 is 2.00. The first-order chi connectivity index (χ1) is 8.56. The first kappa shape index (κ1) is 15.5. The van der Waals surface area contributed by atoms with Crippen LogP contribution in [0.1, 0.15) is 31.4 Å². The van der Waals surface area contributed by atoms with Crippen LogP contribution in [0.2, 0.25) is 0 Å². The van der Waals surface area contributed by atoms with Crippen LogP contribution >= 0.6 is 11.8 Å². The Hall–Kier alpha value is -0.540. The summed E-state index contributed by atoms with van der Waals surface area (Å²) in [5, 5.41) is 4.06. The zero-order chi connectivity index (χ0) is 13.5. The maximum atomic E-state index is 13.0. The molecule has 102 valence electrons. The van der Waals surface area contributed by atoms with E-state index in [9.17, 15) is 4.39 Å². The van der Waals surface area contributed by atoms with Gasteiger partial charge in [0, 0.05) is 17.0 Å². The third-order valence-corrected chi connectivity index (χ3v) is 4.83. The van der Waals surface area contributed by atoms with Crippen LogP contribution in [0.15, 0.2) is 18.2 Å². The van der Waals surface area contributed by atoms with Crippen molar-refractivity contribution < 1.29 is 4.39 Å². The fourth-order valence-electron chi connectivity index (χ4n) is 1.80. The molecule has 1 aromatic rings. The van der Waals surface area contributed by atoms with E-state index in [2.05, 4.69) is 19.2 Å². The summed E-state index contributed by atoms with van der Waals surface area (Å²) in [6, 6.07) is 5.53. The molecule has 0 saturated carbocycles. The Bertz CT molecular complexity index is 368. The van der Waals surface area contributed by atoms with Crippen LogP contribution < -0.4 is 5.32 Å². The van der Waals surface area contributed by atoms with Crippen LogP contribution in [0.25, 0.3) is 0 Å². The average Bonchev–Trinajstić information content (AvgIpc) is 2.36. The van der Waals surface area contributed by atoms with E-state index in [0.29, 0.717) is 11.3 Å². The lowest BCUT2D eigenvalue weighted by molar-refractivity contribution is 0.606. The maximum Gasteiger partial charge on any atom is 0.123 e. The lowest BCUT2D eigenvalue weighted by atomic mass is 10.0. The van der Waals surface area contributed by atoms with Crippen molar-refractivity contribution in [3.63, 3.8) is 0 Å². The van der Waals surface area contributed by atoms with Gasteiger partial charge in [-0.1, -0.05) is 19.9 Å². The van der Waals surface area contributed by atoms with Gasteiger partial charge in [-0.15, -0.1) is 0 Å². The van der Waals surface area contributed by atoms with E-state index in [1.807, 2.05) is 31.8 Å². The minimum Gasteiger partial charge on any atom is -0.316 e. The number of rotatable bonds is 7. The second-order valence-corrected chi connectivity index (χ2v) is 6.28. The molecule has 0 aromatic heterocycles. The van der Waals surface area contributed by atoms with Gasteiger partial charge in [0.2, 0.25) is 0 Å². The first-order valence-electron chi connectivity index (χ1n) is 6.60. The minimum absolute atomic E-state index is 0.147. The molecule has 1 aromatic carbocycles. The van der Waals surface area contributed by atoms with Crippen molar-refractivity contribution in [2.24, 2.45) is 0 Å². The molecule has 0 aliphatic heterocycles. The molecule has 0 spiro atoms. The Morgan fingerprint density at radius 1 is 1.39 bits per heavy atom. The van der Waals surface area contributed by atoms with Gasteiger partial charge in [0.1, 0.15) is 5.82 Å². The van der Waals surface area contributed by atoms with Crippen molar-refractivity contribution in [2.45, 2.75) is 44.9 Å². The number of halogens is 1. The summed E-state index contributed by atoms with van der Waals surface area (Å²) in [7, 11) is 2.00. The highest BCUT2D eigenvalue weighted by Gasteiger charge is 2.11. The molecular weight excluding hydrogens is 245 g/mol. The van der Waals surface area contributed by atoms with E-state index >= 15 is 0 Å². The Labute approximate surface area is 115 Å². The third kappa shape index (κ3) is 4.99. The molecular formula is C15H24FNS. The first-order valence-corrected chi connectivity index (χ1v) is 7.65. The van der Waals surface area contributed by atoms with Gasteiger partial charge in [0.15, 0.2) is 0 Å². The average molecular weight is 269 g/mol. The van der Waals surface area contributed by atoms with Crippen LogP contribution in [0.4, 0.5) is 4.39 Å². The fraction of sp³-hybridized carbons (Fsp3) is 0.600. The third-order valence-electron chi connectivity index (χ3n) is 3.34. The summed E-state index contributed by atoms with van der Waals surface area (Å²) in [6.07, 6.45) is 2.17. The van der Waals surface area contributed by atoms with Crippen molar-refractivity contribution in [1.29, 1.82) is 0 Å². The van der Waals surface area contributed by atoms with Gasteiger partial charge < -0.3 is 5.32 Å². The number of nitrogens with one attached hydrogen (secondary N) is 1. The van der Waals surface area contributed by atoms with Crippen molar-refractivity contribution in [2.75, 3.05) is 12.8 Å². The van der Waals surface area contributed by atoms with Gasteiger partial charge in [-0.2, -0.15) is 11.8 Å². The molecule has 0 fully saturated rings. The normalized spacial score (nSPS) is 14.5. The van der Waals surface area contributed by atoms with E-state index in [-0.39, 0.29) is 5.82 Å². The molecule has 0 aliphatic rings. The molecule has 0 radical (unpaired) electrons. The highest BCUT2D eigenvalue weighted by Crippen LogP contribution is 2.18. The maximum absolute atomic E-state index is 13.0. The topological polar surface area (TPSA) is 12.0 Å². The van der Waals surface area contributed by atoms with Crippen LogP contribution in [-0.2, 0) is 6.42 Å². The molecule has 2 atom stereocenters. The summed E-state index contributed by atoms with van der Waals surface area (Å²) in [6.45, 7) is 6.46. The van der Waals surface area contributed by atoms with E-state index in [1.54, 1.807) is 12.1 Å². The standard InChI is InChI=1S/C15H24FNS/c1-5-12(3)18-10-15(17-4)9-13-6-7-14(16)8-11(13)2/h6-8,12,15,17H,5,9-10H2,1-4H3. The zero-order valence-corrected chi connectivity index (χ0v) is 12.6. The van der Waals surface area contributed by atoms with Crippen molar-refractivity contribution in [3.05, 3.63) is 35.1 Å². The van der Waals surface area contributed by atoms with Crippen molar-refractivity contribution in [1.82, 2.24) is 5.32 Å². The number of benzene rings is 1. The molecule has 0 aliphatic carbocycles. The molecule has 0 heterocycles. The minimum atomic E-state index is -0.147. The lowest BCUT2D eigenvalue weighted by Crippen LogP contribution is -2.31. The summed E-state index contributed by atoms with van der Waals surface area (Å²) in [4.78, 5) is 0. The fourth-order valence-corrected chi connectivity index (χ4v) is 2.88. The monoisotopic (exact) mass is 269 g/mol. The van der Waals surface area contributed by atoms with Gasteiger partial charge in [0.05, 0.1) is 0 Å². The van der Waals surface area contributed by atoms with Gasteiger partial charge in [-0.05, 0) is 50.1 Å². The summed E-state index contributed by atoms with van der Waals surface area (Å²) in [5.74, 6) is 0.953. The van der Waals surface area contributed by atoms with Gasteiger partial charge in [-0.3, -0.25) is 0 Å². The van der Waals surface area contributed by atoms with E-state index in [1.165, 1.54) is 12.0 Å². The highest BCUT2D eigenvalue weighted by atomic mass is 32.2. The van der Waals surface area contributed by atoms with Crippen LogP contribution in [0, 0.1) is 12.7 Å². The Morgan fingerprint density at radius 2 is 2.11 bits per heavy atom. The highest BCUT2D eigenvalue weighted by molar-refractivity contribution is 7.99. The Kier molecular flexibility index (Phi) is 6.72. The zero-order valence-electron chi connectivity index (χ0n) is 11.8. The molecule has 0 saturated heterocycles. The summed E-state index contributed by atoms with van der Waals surface area (Å²) in [5.41, 5.74) is 2.28. The van der Waals surface area contributed by atoms with Crippen LogP contribution in [0.3, 0.4) is 0 Å². The number of likely N-dealkylation sites (N-methyl/N-ethyl adjacent to an activating group) is 1. The Balaban J connectivity index is 2.56. The van der Waals surface area contributed by atoms with Gasteiger partial charge in [0.25, 0.3) is 0 Å². The molecule has 1 nitrogen and oxygen atoms in total. The SMILES string of the molecule is CCC(C)SCC(Cc1ccc(F)cc1C)NC. The van der Waals surface area contributed by atoms with Crippen LogP contribution in [-0.4, -0.2) is 24.1 Å². The molecule has 1 N–H and O–H groups in total. The second kappa shape index (κ2) is 7.80. The van der Waals surface area contributed by atoms with Crippen LogP contribution in [0.5, 0.6) is 0 Å². The quantitative estimate of drug-likeness (QED) is 0.808. The smallest absolute Gasteiger partial charge is 0.123 e. The molecule has 1 rings (SSSR count). The molecule has 2 unspecified atom stereocenters. The molecule has 0 bridgehead atoms. The number of hydrogen-bond donors (Lipinski definition) is 1. The molecule has 18 heavy (non-hydrogen) atoms. The lowest BCUT2D eigenvalue weighted by Gasteiger charge is -2.19. The number of hydrogen-bond acceptors (Lipinski definition) is 2. The predicted octanol–water partition coefficient (Wildman–Crippen LogP) is 3.80. The Morgan fingerprint density at radius 3 is 2.67 bits per heavy atom. The van der Waals surface area contributed by atoms with Gasteiger partial charge >= 0.3 is 0 Å². The van der Waals surface area contributed by atoms with E-state index < -0.39 is 0 Å². The van der Waals surface area contributed by atoms with E-state index in [0.717, 1.165) is 17.7 Å². The predicted molar refractivity (Wildman–Crippen MR) is 79.9 cm³/mol. The largest absolute Gasteiger partial charge is 0.316 e. The van der Waals surface area contributed by atoms with E-state index in [4.69, 9.17) is 0 Å². The number of thioether (sulfide) groups is 1. The molecule has 3 heteroatoms. The molecule has 0 amide bonds. The van der Waals surface area contributed by atoms with Crippen molar-refractivity contribution in [3.8, 4) is 0 Å². The van der Waals surface area contributed by atoms with Gasteiger partial charge in [-0.25, -0.2) is 4.39 Å². The summed E-state index contributed by atoms with van der Waals surface area (Å²) < 4.78 is 13.0.